The summed E-state index contributed by atoms with van der Waals surface area (Å²) < 4.78 is 5.67. The van der Waals surface area contributed by atoms with Gasteiger partial charge in [-0.3, -0.25) is 9.69 Å². The third-order valence-electron chi connectivity index (χ3n) is 5.77. The molecule has 1 amide bonds. The van der Waals surface area contributed by atoms with Crippen molar-refractivity contribution in [2.75, 3.05) is 26.2 Å². The van der Waals surface area contributed by atoms with Crippen LogP contribution in [0.4, 0.5) is 0 Å². The zero-order valence-corrected chi connectivity index (χ0v) is 18.9. The highest BCUT2D eigenvalue weighted by atomic mass is 16.5. The summed E-state index contributed by atoms with van der Waals surface area (Å²) in [6, 6.07) is 16.6. The minimum absolute atomic E-state index is 0.0487. The van der Waals surface area contributed by atoms with E-state index in [4.69, 9.17) is 4.74 Å². The van der Waals surface area contributed by atoms with Crippen molar-refractivity contribution in [1.82, 2.24) is 10.2 Å². The van der Waals surface area contributed by atoms with Crippen LogP contribution in [0.1, 0.15) is 74.5 Å². The van der Waals surface area contributed by atoms with Crippen molar-refractivity contribution in [2.45, 2.75) is 58.4 Å². The molecule has 1 heterocycles. The molecule has 3 rings (SSSR count). The van der Waals surface area contributed by atoms with Gasteiger partial charge in [0.2, 0.25) is 0 Å². The fourth-order valence-electron chi connectivity index (χ4n) is 3.95. The third-order valence-corrected chi connectivity index (χ3v) is 5.77. The minimum Gasteiger partial charge on any atom is -0.494 e. The number of carbonyl (C=O) groups excluding carboxylic acids is 1. The second-order valence-electron chi connectivity index (χ2n) is 9.22. The van der Waals surface area contributed by atoms with Crippen LogP contribution in [-0.4, -0.2) is 37.0 Å². The van der Waals surface area contributed by atoms with Crippen LogP contribution in [-0.2, 0) is 5.41 Å². The number of hydrogen-bond acceptors (Lipinski definition) is 3. The highest BCUT2D eigenvalue weighted by Crippen LogP contribution is 2.28. The second-order valence-corrected chi connectivity index (χ2v) is 9.22. The zero-order valence-electron chi connectivity index (χ0n) is 18.9. The van der Waals surface area contributed by atoms with E-state index in [9.17, 15) is 4.79 Å². The van der Waals surface area contributed by atoms with E-state index in [1.54, 1.807) is 0 Å². The molecular formula is C26H36N2O2. The van der Waals surface area contributed by atoms with Gasteiger partial charge in [0.05, 0.1) is 12.6 Å². The normalized spacial score (nSPS) is 15.7. The van der Waals surface area contributed by atoms with E-state index in [1.165, 1.54) is 24.0 Å². The van der Waals surface area contributed by atoms with Crippen LogP contribution in [0.25, 0.3) is 0 Å². The van der Waals surface area contributed by atoms with Gasteiger partial charge in [0, 0.05) is 12.1 Å². The first-order valence-corrected chi connectivity index (χ1v) is 11.2. The predicted molar refractivity (Wildman–Crippen MR) is 123 cm³/mol. The van der Waals surface area contributed by atoms with Crippen molar-refractivity contribution in [3.63, 3.8) is 0 Å². The maximum absolute atomic E-state index is 12.8. The molecule has 2 aromatic carbocycles. The Bertz CT molecular complexity index is 818. The van der Waals surface area contributed by atoms with Gasteiger partial charge < -0.3 is 10.1 Å². The number of nitrogens with one attached hydrogen (secondary N) is 1. The molecule has 0 bridgehead atoms. The third kappa shape index (κ3) is 5.85. The molecule has 0 radical (unpaired) electrons. The van der Waals surface area contributed by atoms with Gasteiger partial charge in [-0.25, -0.2) is 0 Å². The van der Waals surface area contributed by atoms with E-state index in [2.05, 4.69) is 62.2 Å². The van der Waals surface area contributed by atoms with Crippen LogP contribution >= 0.6 is 0 Å². The number of likely N-dealkylation sites (tertiary alicyclic amines) is 1. The van der Waals surface area contributed by atoms with Crippen LogP contribution in [0.15, 0.2) is 48.5 Å². The molecule has 0 saturated carbocycles. The van der Waals surface area contributed by atoms with Gasteiger partial charge in [-0.1, -0.05) is 58.0 Å². The van der Waals surface area contributed by atoms with Crippen LogP contribution in [0.3, 0.4) is 0 Å². The number of amides is 1. The molecule has 162 valence electrons. The Morgan fingerprint density at radius 1 is 1.10 bits per heavy atom. The lowest BCUT2D eigenvalue weighted by atomic mass is 9.86. The van der Waals surface area contributed by atoms with Crippen LogP contribution < -0.4 is 10.1 Å². The molecule has 1 saturated heterocycles. The van der Waals surface area contributed by atoms with Crippen LogP contribution in [0, 0.1) is 0 Å². The Kier molecular flexibility index (Phi) is 7.54. The summed E-state index contributed by atoms with van der Waals surface area (Å²) in [6.45, 7) is 12.2. The Labute approximate surface area is 181 Å². The first-order chi connectivity index (χ1) is 14.4. The van der Waals surface area contributed by atoms with Gasteiger partial charge in [-0.05, 0) is 67.1 Å². The fourth-order valence-corrected chi connectivity index (χ4v) is 3.95. The molecule has 30 heavy (non-hydrogen) atoms. The van der Waals surface area contributed by atoms with Crippen molar-refractivity contribution in [3.8, 4) is 5.75 Å². The zero-order chi connectivity index (χ0) is 21.6. The molecule has 1 aliphatic rings. The number of nitrogens with zero attached hydrogens (tertiary/aromatic N) is 1. The second kappa shape index (κ2) is 10.1. The Hall–Kier alpha value is -2.33. The maximum Gasteiger partial charge on any atom is 0.251 e. The summed E-state index contributed by atoms with van der Waals surface area (Å²) in [5.74, 6) is 0.700. The summed E-state index contributed by atoms with van der Waals surface area (Å²) in [5, 5.41) is 3.17. The molecule has 4 nitrogen and oxygen atoms in total. The van der Waals surface area contributed by atoms with Gasteiger partial charge in [0.1, 0.15) is 5.75 Å². The molecular weight excluding hydrogens is 372 g/mol. The van der Waals surface area contributed by atoms with E-state index in [1.807, 2.05) is 24.3 Å². The monoisotopic (exact) mass is 408 g/mol. The smallest absolute Gasteiger partial charge is 0.251 e. The molecule has 1 atom stereocenters. The number of hydrogen-bond donors (Lipinski definition) is 1. The van der Waals surface area contributed by atoms with Crippen molar-refractivity contribution >= 4 is 5.91 Å². The Morgan fingerprint density at radius 2 is 1.80 bits per heavy atom. The summed E-state index contributed by atoms with van der Waals surface area (Å²) in [4.78, 5) is 15.3. The molecule has 1 N–H and O–H groups in total. The number of rotatable bonds is 8. The molecule has 1 fully saturated rings. The molecule has 0 aliphatic carbocycles. The molecule has 1 aliphatic heterocycles. The van der Waals surface area contributed by atoms with E-state index in [0.29, 0.717) is 18.7 Å². The van der Waals surface area contributed by atoms with Gasteiger partial charge in [0.15, 0.2) is 0 Å². The van der Waals surface area contributed by atoms with E-state index in [0.717, 1.165) is 25.3 Å². The van der Waals surface area contributed by atoms with Crippen LogP contribution in [0.2, 0.25) is 0 Å². The van der Waals surface area contributed by atoms with Crippen LogP contribution in [0.5, 0.6) is 5.75 Å². The van der Waals surface area contributed by atoms with E-state index < -0.39 is 0 Å². The summed E-state index contributed by atoms with van der Waals surface area (Å²) in [7, 11) is 0. The Balaban J connectivity index is 1.71. The molecule has 0 aromatic heterocycles. The van der Waals surface area contributed by atoms with Gasteiger partial charge in [-0.15, -0.1) is 0 Å². The van der Waals surface area contributed by atoms with E-state index in [-0.39, 0.29) is 17.4 Å². The lowest BCUT2D eigenvalue weighted by Gasteiger charge is -2.29. The van der Waals surface area contributed by atoms with Crippen molar-refractivity contribution in [3.05, 3.63) is 65.2 Å². The molecule has 0 spiro atoms. The number of ether oxygens (including phenoxy) is 1. The van der Waals surface area contributed by atoms with Gasteiger partial charge >= 0.3 is 0 Å². The fraction of sp³-hybridized carbons (Fsp3) is 0.500. The average Bonchev–Trinajstić information content (AvgIpc) is 3.27. The highest BCUT2D eigenvalue weighted by Gasteiger charge is 2.25. The van der Waals surface area contributed by atoms with E-state index >= 15 is 0 Å². The first kappa shape index (κ1) is 22.4. The minimum atomic E-state index is -0.0487. The number of carbonyl (C=O) groups is 1. The summed E-state index contributed by atoms with van der Waals surface area (Å²) in [6.07, 6.45) is 3.39. The molecule has 1 unspecified atom stereocenters. The summed E-state index contributed by atoms with van der Waals surface area (Å²) >= 11 is 0. The summed E-state index contributed by atoms with van der Waals surface area (Å²) in [5.41, 5.74) is 3.39. The lowest BCUT2D eigenvalue weighted by Crippen LogP contribution is -2.36. The van der Waals surface area contributed by atoms with Gasteiger partial charge in [-0.2, -0.15) is 0 Å². The molecule has 4 heteroatoms. The van der Waals surface area contributed by atoms with Crippen molar-refractivity contribution < 1.29 is 9.53 Å². The van der Waals surface area contributed by atoms with Gasteiger partial charge in [0.25, 0.3) is 5.91 Å². The SMILES string of the molecule is CCCOc1cccc(C(=O)NCC(c2ccc(C(C)(C)C)cc2)N2CCCC2)c1. The topological polar surface area (TPSA) is 41.6 Å². The Morgan fingerprint density at radius 3 is 2.43 bits per heavy atom. The number of benzene rings is 2. The average molecular weight is 409 g/mol. The first-order valence-electron chi connectivity index (χ1n) is 11.2. The van der Waals surface area contributed by atoms with Crippen molar-refractivity contribution in [2.24, 2.45) is 0 Å². The lowest BCUT2D eigenvalue weighted by molar-refractivity contribution is 0.0937. The quantitative estimate of drug-likeness (QED) is 0.641. The maximum atomic E-state index is 12.8. The van der Waals surface area contributed by atoms with Crippen molar-refractivity contribution in [1.29, 1.82) is 0 Å². The molecule has 2 aromatic rings. The highest BCUT2D eigenvalue weighted by molar-refractivity contribution is 5.94. The largest absolute Gasteiger partial charge is 0.494 e. The standard InChI is InChI=1S/C26H36N2O2/c1-5-17-30-23-10-8-9-21(18-23)25(29)27-19-24(28-15-6-7-16-28)20-11-13-22(14-12-20)26(2,3)4/h8-14,18,24H,5-7,15-17,19H2,1-4H3,(H,27,29). The predicted octanol–water partition coefficient (Wildman–Crippen LogP) is 5.34.